The number of ether oxygens (including phenoxy) is 1. The number of rotatable bonds is 1. The minimum absolute atomic E-state index is 0.0925. The molecular weight excluding hydrogens is 176 g/mol. The molecule has 0 saturated carbocycles. The van der Waals surface area contributed by atoms with Crippen molar-refractivity contribution in [1.82, 2.24) is 0 Å². The molecule has 0 bridgehead atoms. The lowest BCUT2D eigenvalue weighted by atomic mass is 9.83. The van der Waals surface area contributed by atoms with Gasteiger partial charge in [0, 0.05) is 12.0 Å². The molecule has 76 valence electrons. The first-order valence-corrected chi connectivity index (χ1v) is 5.14. The summed E-state index contributed by atoms with van der Waals surface area (Å²) in [7, 11) is 0. The van der Waals surface area contributed by atoms with E-state index in [0.29, 0.717) is 6.42 Å². The van der Waals surface area contributed by atoms with Gasteiger partial charge in [-0.3, -0.25) is 0 Å². The molecule has 0 saturated heterocycles. The SMILES string of the molecule is CCC1(O)CC(C)Oc2ccccc21. The van der Waals surface area contributed by atoms with Crippen LogP contribution in [0, 0.1) is 0 Å². The Morgan fingerprint density at radius 1 is 1.50 bits per heavy atom. The zero-order valence-corrected chi connectivity index (χ0v) is 8.66. The van der Waals surface area contributed by atoms with Gasteiger partial charge in [0.2, 0.25) is 0 Å². The molecule has 1 aliphatic rings. The molecule has 1 N–H and O–H groups in total. The second-order valence-corrected chi connectivity index (χ2v) is 4.01. The van der Waals surface area contributed by atoms with Crippen LogP contribution in [0.3, 0.4) is 0 Å². The smallest absolute Gasteiger partial charge is 0.125 e. The zero-order valence-electron chi connectivity index (χ0n) is 8.66. The maximum Gasteiger partial charge on any atom is 0.125 e. The summed E-state index contributed by atoms with van der Waals surface area (Å²) in [6, 6.07) is 7.75. The quantitative estimate of drug-likeness (QED) is 0.740. The number of hydrogen-bond acceptors (Lipinski definition) is 2. The third kappa shape index (κ3) is 1.40. The molecule has 14 heavy (non-hydrogen) atoms. The summed E-state index contributed by atoms with van der Waals surface area (Å²) in [4.78, 5) is 0. The van der Waals surface area contributed by atoms with E-state index in [2.05, 4.69) is 0 Å². The molecule has 0 spiro atoms. The molecule has 1 aromatic rings. The van der Waals surface area contributed by atoms with Gasteiger partial charge in [0.1, 0.15) is 5.75 Å². The minimum atomic E-state index is -0.700. The van der Waals surface area contributed by atoms with E-state index in [9.17, 15) is 5.11 Å². The Balaban J connectivity index is 2.48. The zero-order chi connectivity index (χ0) is 10.2. The van der Waals surface area contributed by atoms with Crippen molar-refractivity contribution >= 4 is 0 Å². The molecule has 0 amide bonds. The van der Waals surface area contributed by atoms with E-state index >= 15 is 0 Å². The standard InChI is InChI=1S/C12H16O2/c1-3-12(13)8-9(2)14-11-7-5-4-6-10(11)12/h4-7,9,13H,3,8H2,1-2H3. The summed E-state index contributed by atoms with van der Waals surface area (Å²) in [5.74, 6) is 0.829. The van der Waals surface area contributed by atoms with Gasteiger partial charge in [-0.05, 0) is 19.4 Å². The van der Waals surface area contributed by atoms with Gasteiger partial charge in [0.25, 0.3) is 0 Å². The van der Waals surface area contributed by atoms with E-state index in [-0.39, 0.29) is 6.10 Å². The van der Waals surface area contributed by atoms with Gasteiger partial charge in [0.05, 0.1) is 11.7 Å². The summed E-state index contributed by atoms with van der Waals surface area (Å²) in [6.07, 6.45) is 1.51. The normalized spacial score (nSPS) is 30.6. The molecule has 0 radical (unpaired) electrons. The third-order valence-corrected chi connectivity index (χ3v) is 2.93. The number of aliphatic hydroxyl groups is 1. The molecular formula is C12H16O2. The molecule has 2 rings (SSSR count). The topological polar surface area (TPSA) is 29.5 Å². The highest BCUT2D eigenvalue weighted by Gasteiger charge is 2.36. The first-order chi connectivity index (χ1) is 6.65. The summed E-state index contributed by atoms with van der Waals surface area (Å²) in [6.45, 7) is 4.01. The average Bonchev–Trinajstić information content (AvgIpc) is 2.17. The van der Waals surface area contributed by atoms with Crippen molar-refractivity contribution in [3.8, 4) is 5.75 Å². The maximum absolute atomic E-state index is 10.4. The fourth-order valence-corrected chi connectivity index (χ4v) is 2.13. The lowest BCUT2D eigenvalue weighted by Crippen LogP contribution is -2.36. The number of para-hydroxylation sites is 1. The fourth-order valence-electron chi connectivity index (χ4n) is 2.13. The lowest BCUT2D eigenvalue weighted by Gasteiger charge is -2.36. The summed E-state index contributed by atoms with van der Waals surface area (Å²) < 4.78 is 5.67. The van der Waals surface area contributed by atoms with Crippen LogP contribution in [0.2, 0.25) is 0 Å². The molecule has 0 aliphatic carbocycles. The summed E-state index contributed by atoms with van der Waals surface area (Å²) in [5, 5.41) is 10.4. The molecule has 0 aromatic heterocycles. The van der Waals surface area contributed by atoms with Gasteiger partial charge >= 0.3 is 0 Å². The number of benzene rings is 1. The molecule has 2 heteroatoms. The van der Waals surface area contributed by atoms with Crippen LogP contribution in [0.25, 0.3) is 0 Å². The van der Waals surface area contributed by atoms with Crippen molar-refractivity contribution in [3.05, 3.63) is 29.8 Å². The molecule has 0 fully saturated rings. The van der Waals surface area contributed by atoms with Crippen LogP contribution in [0.15, 0.2) is 24.3 Å². The first kappa shape index (κ1) is 9.53. The molecule has 2 unspecified atom stereocenters. The van der Waals surface area contributed by atoms with Crippen LogP contribution in [0.1, 0.15) is 32.3 Å². The largest absolute Gasteiger partial charge is 0.490 e. The van der Waals surface area contributed by atoms with Crippen LogP contribution >= 0.6 is 0 Å². The van der Waals surface area contributed by atoms with Gasteiger partial charge in [-0.25, -0.2) is 0 Å². The van der Waals surface area contributed by atoms with E-state index in [1.165, 1.54) is 0 Å². The van der Waals surface area contributed by atoms with Crippen molar-refractivity contribution in [1.29, 1.82) is 0 Å². The second-order valence-electron chi connectivity index (χ2n) is 4.01. The maximum atomic E-state index is 10.4. The first-order valence-electron chi connectivity index (χ1n) is 5.14. The molecule has 1 aliphatic heterocycles. The summed E-state index contributed by atoms with van der Waals surface area (Å²) in [5.41, 5.74) is 0.231. The molecule has 2 atom stereocenters. The third-order valence-electron chi connectivity index (χ3n) is 2.93. The van der Waals surface area contributed by atoms with E-state index < -0.39 is 5.60 Å². The molecule has 1 heterocycles. The highest BCUT2D eigenvalue weighted by molar-refractivity contribution is 5.39. The lowest BCUT2D eigenvalue weighted by molar-refractivity contribution is -0.0288. The minimum Gasteiger partial charge on any atom is -0.490 e. The Bertz CT molecular complexity index is 335. The van der Waals surface area contributed by atoms with Gasteiger partial charge in [-0.1, -0.05) is 25.1 Å². The second kappa shape index (κ2) is 3.28. The van der Waals surface area contributed by atoms with Gasteiger partial charge < -0.3 is 9.84 Å². The van der Waals surface area contributed by atoms with Gasteiger partial charge in [-0.15, -0.1) is 0 Å². The highest BCUT2D eigenvalue weighted by Crippen LogP contribution is 2.40. The van der Waals surface area contributed by atoms with Crippen LogP contribution < -0.4 is 4.74 Å². The van der Waals surface area contributed by atoms with Crippen molar-refractivity contribution in [3.63, 3.8) is 0 Å². The summed E-state index contributed by atoms with van der Waals surface area (Å²) >= 11 is 0. The fraction of sp³-hybridized carbons (Fsp3) is 0.500. The number of hydrogen-bond donors (Lipinski definition) is 1. The van der Waals surface area contributed by atoms with E-state index in [1.807, 2.05) is 38.1 Å². The van der Waals surface area contributed by atoms with Crippen LogP contribution in [-0.2, 0) is 5.60 Å². The van der Waals surface area contributed by atoms with E-state index in [1.54, 1.807) is 0 Å². The Morgan fingerprint density at radius 3 is 2.93 bits per heavy atom. The molecule has 1 aromatic carbocycles. The molecule has 2 nitrogen and oxygen atoms in total. The van der Waals surface area contributed by atoms with Crippen molar-refractivity contribution in [2.24, 2.45) is 0 Å². The van der Waals surface area contributed by atoms with E-state index in [4.69, 9.17) is 4.74 Å². The van der Waals surface area contributed by atoms with Gasteiger partial charge in [0.15, 0.2) is 0 Å². The Labute approximate surface area is 84.5 Å². The van der Waals surface area contributed by atoms with E-state index in [0.717, 1.165) is 17.7 Å². The van der Waals surface area contributed by atoms with Crippen molar-refractivity contribution < 1.29 is 9.84 Å². The van der Waals surface area contributed by atoms with Crippen LogP contribution in [-0.4, -0.2) is 11.2 Å². The predicted octanol–water partition coefficient (Wildman–Crippen LogP) is 2.46. The Kier molecular flexibility index (Phi) is 2.23. The van der Waals surface area contributed by atoms with Crippen molar-refractivity contribution in [2.75, 3.05) is 0 Å². The highest BCUT2D eigenvalue weighted by atomic mass is 16.5. The monoisotopic (exact) mass is 192 g/mol. The van der Waals surface area contributed by atoms with Crippen LogP contribution in [0.4, 0.5) is 0 Å². The number of fused-ring (bicyclic) bond motifs is 1. The van der Waals surface area contributed by atoms with Gasteiger partial charge in [-0.2, -0.15) is 0 Å². The Hall–Kier alpha value is -1.02. The Morgan fingerprint density at radius 2 is 2.21 bits per heavy atom. The van der Waals surface area contributed by atoms with Crippen molar-refractivity contribution in [2.45, 2.75) is 38.4 Å². The predicted molar refractivity (Wildman–Crippen MR) is 55.3 cm³/mol. The van der Waals surface area contributed by atoms with Crippen LogP contribution in [0.5, 0.6) is 5.75 Å². The average molecular weight is 192 g/mol.